The molecule has 0 saturated carbocycles. The number of aromatic amines is 1. The highest BCUT2D eigenvalue weighted by atomic mass is 19.1. The van der Waals surface area contributed by atoms with Gasteiger partial charge in [0.1, 0.15) is 11.6 Å². The fourth-order valence-corrected chi connectivity index (χ4v) is 2.33. The molecular formula is C17H16FN5O. The van der Waals surface area contributed by atoms with E-state index in [0.717, 1.165) is 5.69 Å². The molecular weight excluding hydrogens is 309 g/mol. The lowest BCUT2D eigenvalue weighted by Gasteiger charge is -2.09. The first kappa shape index (κ1) is 15.8. The fourth-order valence-electron chi connectivity index (χ4n) is 2.33. The quantitative estimate of drug-likeness (QED) is 0.770. The van der Waals surface area contributed by atoms with E-state index in [9.17, 15) is 9.18 Å². The third kappa shape index (κ3) is 3.45. The fraction of sp³-hybridized carbons (Fsp3) is 0.176. The molecule has 1 aromatic carbocycles. The van der Waals surface area contributed by atoms with Crippen LogP contribution >= 0.6 is 0 Å². The first-order valence-electron chi connectivity index (χ1n) is 7.42. The summed E-state index contributed by atoms with van der Waals surface area (Å²) < 4.78 is 13.7. The first-order chi connectivity index (χ1) is 11.5. The molecule has 6 nitrogen and oxygen atoms in total. The largest absolute Gasteiger partial charge is 0.352 e. The number of nitrogens with zero attached hydrogens (tertiary/aromatic N) is 3. The van der Waals surface area contributed by atoms with Gasteiger partial charge < -0.3 is 5.32 Å². The molecule has 2 heterocycles. The van der Waals surface area contributed by atoms with Crippen LogP contribution in [0.3, 0.4) is 0 Å². The summed E-state index contributed by atoms with van der Waals surface area (Å²) in [5, 5.41) is 2.94. The summed E-state index contributed by atoms with van der Waals surface area (Å²) in [7, 11) is 0. The average molecular weight is 325 g/mol. The zero-order chi connectivity index (χ0) is 17.1. The number of nitrogens with one attached hydrogen (secondary N) is 2. The molecule has 0 aliphatic heterocycles. The van der Waals surface area contributed by atoms with E-state index in [2.05, 4.69) is 25.3 Å². The van der Waals surface area contributed by atoms with Crippen molar-refractivity contribution >= 4 is 5.95 Å². The van der Waals surface area contributed by atoms with E-state index in [4.69, 9.17) is 0 Å². The lowest BCUT2D eigenvalue weighted by Crippen LogP contribution is -2.13. The topological polar surface area (TPSA) is 83.6 Å². The van der Waals surface area contributed by atoms with E-state index < -0.39 is 0 Å². The molecule has 0 bridgehead atoms. The van der Waals surface area contributed by atoms with Gasteiger partial charge in [-0.15, -0.1) is 0 Å². The molecule has 3 rings (SSSR count). The Morgan fingerprint density at radius 1 is 1.21 bits per heavy atom. The SMILES string of the molecule is Cc1ncc(-c2cc(=O)[nH]c(NCc3ccccc3F)n2)c(C)n1. The first-order valence-corrected chi connectivity index (χ1v) is 7.42. The summed E-state index contributed by atoms with van der Waals surface area (Å²) in [6, 6.07) is 7.81. The molecule has 0 aliphatic rings. The second-order valence-corrected chi connectivity index (χ2v) is 5.34. The highest BCUT2D eigenvalue weighted by Gasteiger charge is 2.09. The molecule has 0 atom stereocenters. The van der Waals surface area contributed by atoms with Gasteiger partial charge in [-0.05, 0) is 19.9 Å². The Morgan fingerprint density at radius 2 is 2.00 bits per heavy atom. The maximum atomic E-state index is 13.7. The van der Waals surface area contributed by atoms with Crippen molar-refractivity contribution in [2.45, 2.75) is 20.4 Å². The van der Waals surface area contributed by atoms with Gasteiger partial charge in [-0.3, -0.25) is 9.78 Å². The zero-order valence-corrected chi connectivity index (χ0v) is 13.3. The van der Waals surface area contributed by atoms with Crippen LogP contribution in [0.5, 0.6) is 0 Å². The number of aromatic nitrogens is 4. The van der Waals surface area contributed by atoms with Gasteiger partial charge in [-0.2, -0.15) is 0 Å². The van der Waals surface area contributed by atoms with E-state index in [1.54, 1.807) is 31.3 Å². The van der Waals surface area contributed by atoms with E-state index in [-0.39, 0.29) is 23.9 Å². The van der Waals surface area contributed by atoms with Crippen molar-refractivity contribution in [2.24, 2.45) is 0 Å². The highest BCUT2D eigenvalue weighted by Crippen LogP contribution is 2.19. The minimum atomic E-state index is -0.314. The van der Waals surface area contributed by atoms with Crippen molar-refractivity contribution in [3.05, 3.63) is 69.8 Å². The normalized spacial score (nSPS) is 10.6. The summed E-state index contributed by atoms with van der Waals surface area (Å²) in [5.74, 6) is 0.603. The van der Waals surface area contributed by atoms with Crippen LogP contribution in [0, 0.1) is 19.7 Å². The van der Waals surface area contributed by atoms with Crippen LogP contribution in [-0.2, 0) is 6.54 Å². The number of anilines is 1. The molecule has 2 aromatic heterocycles. The van der Waals surface area contributed by atoms with E-state index in [1.165, 1.54) is 12.1 Å². The number of hydrogen-bond acceptors (Lipinski definition) is 5. The van der Waals surface area contributed by atoms with Crippen LogP contribution in [0.2, 0.25) is 0 Å². The van der Waals surface area contributed by atoms with Gasteiger partial charge in [0, 0.05) is 29.9 Å². The van der Waals surface area contributed by atoms with Crippen molar-refractivity contribution in [1.82, 2.24) is 19.9 Å². The molecule has 0 spiro atoms. The molecule has 0 radical (unpaired) electrons. The number of benzene rings is 1. The molecule has 0 saturated heterocycles. The molecule has 0 unspecified atom stereocenters. The van der Waals surface area contributed by atoms with Gasteiger partial charge in [-0.1, -0.05) is 18.2 Å². The second-order valence-electron chi connectivity index (χ2n) is 5.34. The Bertz CT molecular complexity index is 938. The van der Waals surface area contributed by atoms with Gasteiger partial charge in [0.25, 0.3) is 5.56 Å². The Morgan fingerprint density at radius 3 is 2.75 bits per heavy atom. The van der Waals surface area contributed by atoms with Gasteiger partial charge in [0.15, 0.2) is 0 Å². The number of aryl methyl sites for hydroxylation is 2. The summed E-state index contributed by atoms with van der Waals surface area (Å²) >= 11 is 0. The van der Waals surface area contributed by atoms with E-state index in [1.807, 2.05) is 6.92 Å². The lowest BCUT2D eigenvalue weighted by molar-refractivity contribution is 0.612. The second kappa shape index (κ2) is 6.57. The van der Waals surface area contributed by atoms with Gasteiger partial charge in [-0.25, -0.2) is 19.3 Å². The average Bonchev–Trinajstić information content (AvgIpc) is 2.53. The summed E-state index contributed by atoms with van der Waals surface area (Å²) in [5.41, 5.74) is 2.06. The van der Waals surface area contributed by atoms with Crippen molar-refractivity contribution in [3.8, 4) is 11.3 Å². The number of hydrogen-bond donors (Lipinski definition) is 2. The van der Waals surface area contributed by atoms with E-state index >= 15 is 0 Å². The third-order valence-corrected chi connectivity index (χ3v) is 3.52. The van der Waals surface area contributed by atoms with Crippen LogP contribution in [-0.4, -0.2) is 19.9 Å². The summed E-state index contributed by atoms with van der Waals surface area (Å²) in [4.78, 5) is 27.3. The van der Waals surface area contributed by atoms with Gasteiger partial charge >= 0.3 is 0 Å². The smallest absolute Gasteiger partial charge is 0.252 e. The van der Waals surface area contributed by atoms with Crippen molar-refractivity contribution < 1.29 is 4.39 Å². The Balaban J connectivity index is 1.89. The highest BCUT2D eigenvalue weighted by molar-refractivity contribution is 5.61. The Hall–Kier alpha value is -3.09. The number of rotatable bonds is 4. The minimum Gasteiger partial charge on any atom is -0.352 e. The van der Waals surface area contributed by atoms with Crippen LogP contribution in [0.15, 0.2) is 41.3 Å². The molecule has 0 fully saturated rings. The van der Waals surface area contributed by atoms with Gasteiger partial charge in [0.05, 0.1) is 11.4 Å². The Labute approximate surface area is 137 Å². The van der Waals surface area contributed by atoms with Crippen LogP contribution in [0.4, 0.5) is 10.3 Å². The zero-order valence-electron chi connectivity index (χ0n) is 13.3. The molecule has 0 amide bonds. The molecule has 24 heavy (non-hydrogen) atoms. The van der Waals surface area contributed by atoms with Crippen molar-refractivity contribution in [2.75, 3.05) is 5.32 Å². The summed E-state index contributed by atoms with van der Waals surface area (Å²) in [6.45, 7) is 3.84. The van der Waals surface area contributed by atoms with Gasteiger partial charge in [0.2, 0.25) is 5.95 Å². The molecule has 3 aromatic rings. The predicted octanol–water partition coefficient (Wildman–Crippen LogP) is 2.59. The molecule has 0 aliphatic carbocycles. The molecule has 122 valence electrons. The van der Waals surface area contributed by atoms with Crippen molar-refractivity contribution in [3.63, 3.8) is 0 Å². The third-order valence-electron chi connectivity index (χ3n) is 3.52. The van der Waals surface area contributed by atoms with Crippen LogP contribution < -0.4 is 10.9 Å². The molecule has 7 heteroatoms. The predicted molar refractivity (Wildman–Crippen MR) is 89.1 cm³/mol. The van der Waals surface area contributed by atoms with E-state index in [0.29, 0.717) is 22.6 Å². The molecule has 2 N–H and O–H groups in total. The van der Waals surface area contributed by atoms with Crippen molar-refractivity contribution in [1.29, 1.82) is 0 Å². The monoisotopic (exact) mass is 325 g/mol. The number of halogens is 1. The maximum absolute atomic E-state index is 13.7. The Kier molecular flexibility index (Phi) is 4.33. The number of H-pyrrole nitrogens is 1. The van der Waals surface area contributed by atoms with Crippen LogP contribution in [0.1, 0.15) is 17.1 Å². The van der Waals surface area contributed by atoms with Crippen LogP contribution in [0.25, 0.3) is 11.3 Å². The maximum Gasteiger partial charge on any atom is 0.252 e. The lowest BCUT2D eigenvalue weighted by atomic mass is 10.1. The minimum absolute atomic E-state index is 0.211. The summed E-state index contributed by atoms with van der Waals surface area (Å²) in [6.07, 6.45) is 1.64. The standard InChI is InChI=1S/C17H16FN5O/c1-10-13(9-19-11(2)21-10)15-7-16(24)23-17(22-15)20-8-12-5-3-4-6-14(12)18/h3-7,9H,8H2,1-2H3,(H2,20,22,23,24).